The molecule has 1 aromatic heterocycles. The number of hydrogen-bond donors (Lipinski definition) is 2. The molecule has 3 rings (SSSR count). The Morgan fingerprint density at radius 2 is 1.96 bits per heavy atom. The number of pyridine rings is 1. The van der Waals surface area contributed by atoms with Gasteiger partial charge in [-0.3, -0.25) is 4.79 Å². The number of nitrogens with two attached hydrogens (primary N) is 1. The first-order chi connectivity index (χ1) is 13.7. The minimum absolute atomic E-state index is 0.141. The van der Waals surface area contributed by atoms with Gasteiger partial charge in [0, 0.05) is 32.0 Å². The first-order valence-corrected chi connectivity index (χ1v) is 9.62. The normalized spacial score (nSPS) is 15.6. The van der Waals surface area contributed by atoms with Crippen LogP contribution >= 0.6 is 0 Å². The summed E-state index contributed by atoms with van der Waals surface area (Å²) in [5.74, 6) is 1.95. The number of ether oxygens (including phenoxy) is 3. The van der Waals surface area contributed by atoms with Gasteiger partial charge in [0.05, 0.1) is 12.6 Å². The first-order valence-electron chi connectivity index (χ1n) is 9.62. The Hall–Kier alpha value is -2.64. The Balaban J connectivity index is 1.53. The van der Waals surface area contributed by atoms with Crippen molar-refractivity contribution in [1.82, 2.24) is 10.3 Å². The lowest BCUT2D eigenvalue weighted by Crippen LogP contribution is -2.46. The maximum atomic E-state index is 12.3. The van der Waals surface area contributed by atoms with E-state index >= 15 is 0 Å². The van der Waals surface area contributed by atoms with E-state index in [1.807, 2.05) is 37.3 Å². The summed E-state index contributed by atoms with van der Waals surface area (Å²) in [7, 11) is 0. The predicted molar refractivity (Wildman–Crippen MR) is 105 cm³/mol. The lowest BCUT2D eigenvalue weighted by atomic mass is 9.92. The van der Waals surface area contributed by atoms with Crippen LogP contribution in [0.25, 0.3) is 0 Å². The molecule has 1 aliphatic heterocycles. The van der Waals surface area contributed by atoms with Gasteiger partial charge in [-0.2, -0.15) is 0 Å². The van der Waals surface area contributed by atoms with E-state index in [0.29, 0.717) is 38.0 Å². The number of carbonyl (C=O) groups is 1. The van der Waals surface area contributed by atoms with Crippen LogP contribution < -0.4 is 20.5 Å². The van der Waals surface area contributed by atoms with Gasteiger partial charge in [-0.25, -0.2) is 4.98 Å². The monoisotopic (exact) mass is 385 g/mol. The van der Waals surface area contributed by atoms with Gasteiger partial charge in [0.15, 0.2) is 0 Å². The lowest BCUT2D eigenvalue weighted by molar-refractivity contribution is -0.124. The molecule has 7 heteroatoms. The van der Waals surface area contributed by atoms with Gasteiger partial charge in [-0.1, -0.05) is 0 Å². The summed E-state index contributed by atoms with van der Waals surface area (Å²) in [6.07, 6.45) is 3.30. The Kier molecular flexibility index (Phi) is 7.22. The second-order valence-electron chi connectivity index (χ2n) is 6.70. The summed E-state index contributed by atoms with van der Waals surface area (Å²) in [6.45, 7) is 4.27. The Bertz CT molecular complexity index is 761. The largest absolute Gasteiger partial charge is 0.494 e. The molecule has 1 saturated heterocycles. The van der Waals surface area contributed by atoms with Crippen molar-refractivity contribution in [2.45, 2.75) is 32.4 Å². The minimum Gasteiger partial charge on any atom is -0.494 e. The van der Waals surface area contributed by atoms with Crippen molar-refractivity contribution in [3.63, 3.8) is 0 Å². The molecular formula is C21H27N3O4. The second kappa shape index (κ2) is 10.1. The zero-order valence-electron chi connectivity index (χ0n) is 16.1. The minimum atomic E-state index is -0.509. The van der Waals surface area contributed by atoms with E-state index in [1.165, 1.54) is 0 Å². The molecule has 1 fully saturated rings. The molecule has 2 heterocycles. The topological polar surface area (TPSA) is 95.7 Å². The predicted octanol–water partition coefficient (Wildman–Crippen LogP) is 2.64. The number of carbonyl (C=O) groups excluding carboxylic acids is 1. The zero-order chi connectivity index (χ0) is 19.8. The fraction of sp³-hybridized carbons (Fsp3) is 0.429. The lowest BCUT2D eigenvalue weighted by Gasteiger charge is -2.26. The van der Waals surface area contributed by atoms with Gasteiger partial charge in [0.25, 0.3) is 0 Å². The van der Waals surface area contributed by atoms with Crippen molar-refractivity contribution in [2.75, 3.05) is 19.8 Å². The molecule has 28 heavy (non-hydrogen) atoms. The van der Waals surface area contributed by atoms with Crippen molar-refractivity contribution >= 4 is 5.91 Å². The fourth-order valence-electron chi connectivity index (χ4n) is 3.10. The molecule has 2 aromatic rings. The smallest absolute Gasteiger partial charge is 0.237 e. The average molecular weight is 385 g/mol. The molecule has 0 aliphatic carbocycles. The van der Waals surface area contributed by atoms with Gasteiger partial charge in [-0.05, 0) is 61.6 Å². The number of rotatable bonds is 8. The van der Waals surface area contributed by atoms with E-state index in [2.05, 4.69) is 10.3 Å². The standard InChI is InChI=1S/C21H27N3O4/c1-2-27-17-3-5-18(6-4-17)28-19-13-15(7-10-23-19)14-24-21(25)20(22)16-8-11-26-12-9-16/h3-7,10,13,16,20H,2,8-9,11-12,14,22H2,1H3,(H,24,25). The van der Waals surface area contributed by atoms with E-state index in [1.54, 1.807) is 12.3 Å². The van der Waals surface area contributed by atoms with Gasteiger partial charge >= 0.3 is 0 Å². The third kappa shape index (κ3) is 5.68. The van der Waals surface area contributed by atoms with Gasteiger partial charge < -0.3 is 25.3 Å². The van der Waals surface area contributed by atoms with Crippen LogP contribution in [0.3, 0.4) is 0 Å². The van der Waals surface area contributed by atoms with Crippen molar-refractivity contribution in [3.8, 4) is 17.4 Å². The van der Waals surface area contributed by atoms with Gasteiger partial charge in [-0.15, -0.1) is 0 Å². The summed E-state index contributed by atoms with van der Waals surface area (Å²) in [5.41, 5.74) is 7.00. The van der Waals surface area contributed by atoms with Crippen molar-refractivity contribution in [2.24, 2.45) is 11.7 Å². The number of hydrogen-bond acceptors (Lipinski definition) is 6. The van der Waals surface area contributed by atoms with Crippen LogP contribution in [0.1, 0.15) is 25.3 Å². The number of amides is 1. The molecule has 1 amide bonds. The molecule has 0 saturated carbocycles. The van der Waals surface area contributed by atoms with E-state index < -0.39 is 6.04 Å². The number of nitrogens with zero attached hydrogens (tertiary/aromatic N) is 1. The van der Waals surface area contributed by atoms with Gasteiger partial charge in [0.1, 0.15) is 11.5 Å². The van der Waals surface area contributed by atoms with Crippen molar-refractivity contribution < 1.29 is 19.0 Å². The number of nitrogens with one attached hydrogen (secondary N) is 1. The molecule has 1 unspecified atom stereocenters. The molecule has 3 N–H and O–H groups in total. The van der Waals surface area contributed by atoms with E-state index in [-0.39, 0.29) is 11.8 Å². The van der Waals surface area contributed by atoms with Gasteiger partial charge in [0.2, 0.25) is 11.8 Å². The molecule has 0 spiro atoms. The van der Waals surface area contributed by atoms with Crippen molar-refractivity contribution in [1.29, 1.82) is 0 Å². The summed E-state index contributed by atoms with van der Waals surface area (Å²) in [6, 6.07) is 10.5. The molecule has 1 atom stereocenters. The molecular weight excluding hydrogens is 358 g/mol. The maximum absolute atomic E-state index is 12.3. The number of benzene rings is 1. The van der Waals surface area contributed by atoms with E-state index in [9.17, 15) is 4.79 Å². The third-order valence-electron chi connectivity index (χ3n) is 4.70. The van der Waals surface area contributed by atoms with Crippen LogP contribution in [0.15, 0.2) is 42.6 Å². The van der Waals surface area contributed by atoms with Crippen LogP contribution in [0.5, 0.6) is 17.4 Å². The van der Waals surface area contributed by atoms with Crippen LogP contribution in [0, 0.1) is 5.92 Å². The highest BCUT2D eigenvalue weighted by molar-refractivity contribution is 5.81. The summed E-state index contributed by atoms with van der Waals surface area (Å²) >= 11 is 0. The van der Waals surface area contributed by atoms with Crippen LogP contribution in [-0.4, -0.2) is 36.8 Å². The second-order valence-corrected chi connectivity index (χ2v) is 6.70. The van der Waals surface area contributed by atoms with E-state index in [4.69, 9.17) is 19.9 Å². The number of aromatic nitrogens is 1. The molecule has 0 bridgehead atoms. The maximum Gasteiger partial charge on any atom is 0.237 e. The highest BCUT2D eigenvalue weighted by atomic mass is 16.5. The summed E-state index contributed by atoms with van der Waals surface area (Å²) < 4.78 is 16.5. The quantitative estimate of drug-likeness (QED) is 0.725. The zero-order valence-corrected chi connectivity index (χ0v) is 16.1. The first kappa shape index (κ1) is 20.1. The summed E-state index contributed by atoms with van der Waals surface area (Å²) in [5, 5.41) is 2.90. The molecule has 1 aliphatic rings. The highest BCUT2D eigenvalue weighted by Gasteiger charge is 2.26. The highest BCUT2D eigenvalue weighted by Crippen LogP contribution is 2.23. The average Bonchev–Trinajstić information content (AvgIpc) is 2.74. The van der Waals surface area contributed by atoms with Crippen LogP contribution in [0.2, 0.25) is 0 Å². The third-order valence-corrected chi connectivity index (χ3v) is 4.70. The Morgan fingerprint density at radius 3 is 2.68 bits per heavy atom. The van der Waals surface area contributed by atoms with Crippen molar-refractivity contribution in [3.05, 3.63) is 48.2 Å². The molecule has 1 aromatic carbocycles. The molecule has 7 nitrogen and oxygen atoms in total. The Labute approximate surface area is 165 Å². The SMILES string of the molecule is CCOc1ccc(Oc2cc(CNC(=O)C(N)C3CCOCC3)ccn2)cc1. The van der Waals surface area contributed by atoms with Crippen LogP contribution in [-0.2, 0) is 16.1 Å². The molecule has 0 radical (unpaired) electrons. The van der Waals surface area contributed by atoms with Crippen LogP contribution in [0.4, 0.5) is 0 Å². The van der Waals surface area contributed by atoms with E-state index in [0.717, 1.165) is 24.2 Å². The molecule has 150 valence electrons. The fourth-order valence-corrected chi connectivity index (χ4v) is 3.10. The Morgan fingerprint density at radius 1 is 1.25 bits per heavy atom. The summed E-state index contributed by atoms with van der Waals surface area (Å²) in [4.78, 5) is 16.6.